The number of carbonyl (C=O) groups excluding carboxylic acids is 4. The van der Waals surface area contributed by atoms with E-state index in [1.54, 1.807) is 38.1 Å². The molecule has 0 radical (unpaired) electrons. The van der Waals surface area contributed by atoms with Crippen LogP contribution in [0.2, 0.25) is 0 Å². The number of nitrogens with one attached hydrogen (secondary N) is 3. The second-order valence-corrected chi connectivity index (χ2v) is 9.82. The third kappa shape index (κ3) is 13.5. The van der Waals surface area contributed by atoms with E-state index >= 15 is 0 Å². The van der Waals surface area contributed by atoms with Gasteiger partial charge in [-0.3, -0.25) is 0 Å². The van der Waals surface area contributed by atoms with Crippen LogP contribution in [0.3, 0.4) is 0 Å². The molecule has 0 atom stereocenters. The number of unbranched alkanes of at least 4 members (excludes halogenated alkanes) is 1. The van der Waals surface area contributed by atoms with Gasteiger partial charge < -0.3 is 44.5 Å². The van der Waals surface area contributed by atoms with Crippen LogP contribution >= 0.6 is 0 Å². The van der Waals surface area contributed by atoms with Crippen molar-refractivity contribution < 1.29 is 38.1 Å². The Labute approximate surface area is 247 Å². The summed E-state index contributed by atoms with van der Waals surface area (Å²) in [5.74, 6) is 1.74. The van der Waals surface area contributed by atoms with Gasteiger partial charge in [-0.1, -0.05) is 12.1 Å². The van der Waals surface area contributed by atoms with E-state index in [0.29, 0.717) is 68.3 Å². The summed E-state index contributed by atoms with van der Waals surface area (Å²) in [5, 5.41) is 8.75. The monoisotopic (exact) mass is 585 g/mol. The van der Waals surface area contributed by atoms with Crippen LogP contribution in [0.15, 0.2) is 36.4 Å². The average Bonchev–Trinajstić information content (AvgIpc) is 2.96. The minimum atomic E-state index is -0.565. The maximum Gasteiger partial charge on any atom is 0.412 e. The topological polar surface area (TPSA) is 141 Å². The van der Waals surface area contributed by atoms with Crippen molar-refractivity contribution in [2.45, 2.75) is 58.8 Å². The summed E-state index contributed by atoms with van der Waals surface area (Å²) in [6, 6.07) is 10.5. The Hall–Kier alpha value is -4.12. The summed E-state index contributed by atoms with van der Waals surface area (Å²) in [4.78, 5) is 46.7. The van der Waals surface area contributed by atoms with Gasteiger partial charge in [0.15, 0.2) is 23.0 Å². The van der Waals surface area contributed by atoms with Crippen molar-refractivity contribution in [3.8, 4) is 23.0 Å². The number of carbonyl (C=O) groups is 4. The van der Waals surface area contributed by atoms with E-state index in [0.717, 1.165) is 36.9 Å². The van der Waals surface area contributed by atoms with Crippen molar-refractivity contribution in [1.82, 2.24) is 16.0 Å². The Morgan fingerprint density at radius 3 is 1.48 bits per heavy atom. The number of aryl methyl sites for hydroxylation is 2. The Balaban J connectivity index is 1.54. The molecule has 0 aromatic heterocycles. The smallest absolute Gasteiger partial charge is 0.412 e. The molecule has 2 amide bonds. The fourth-order valence-electron chi connectivity index (χ4n) is 3.91. The number of Topliss-reactive ketones (excluding diaryl/α,β-unsaturated/α-hetero) is 2. The second kappa shape index (κ2) is 19.1. The molecule has 11 nitrogen and oxygen atoms in total. The lowest BCUT2D eigenvalue weighted by Gasteiger charge is -2.12. The lowest BCUT2D eigenvalue weighted by atomic mass is 10.1. The summed E-state index contributed by atoms with van der Waals surface area (Å²) < 4.78 is 21.3. The first-order valence-corrected chi connectivity index (χ1v) is 14.2. The minimum Gasteiger partial charge on any atom is -0.493 e. The number of amides is 2. The maximum absolute atomic E-state index is 12.1. The van der Waals surface area contributed by atoms with E-state index in [2.05, 4.69) is 16.0 Å². The summed E-state index contributed by atoms with van der Waals surface area (Å²) >= 11 is 0. The van der Waals surface area contributed by atoms with Gasteiger partial charge in [-0.2, -0.15) is 0 Å². The van der Waals surface area contributed by atoms with Crippen molar-refractivity contribution in [3.05, 3.63) is 47.5 Å². The molecular formula is C31H43N3O8. The normalized spacial score (nSPS) is 10.5. The quantitative estimate of drug-likeness (QED) is 0.205. The van der Waals surface area contributed by atoms with Gasteiger partial charge in [-0.15, -0.1) is 0 Å². The molecule has 0 aliphatic rings. The van der Waals surface area contributed by atoms with Crippen molar-refractivity contribution in [2.75, 3.05) is 40.4 Å². The number of benzene rings is 2. The van der Waals surface area contributed by atoms with Gasteiger partial charge in [0.1, 0.15) is 11.6 Å². The van der Waals surface area contributed by atoms with Gasteiger partial charge in [0.25, 0.3) is 0 Å². The molecule has 42 heavy (non-hydrogen) atoms. The van der Waals surface area contributed by atoms with Crippen LogP contribution in [-0.2, 0) is 22.4 Å². The molecule has 0 unspecified atom stereocenters. The summed E-state index contributed by atoms with van der Waals surface area (Å²) in [6.45, 7) is 5.49. The standard InChI is InChI=1S/C31H43N3O8/c1-22(35)8-10-24-12-14-26(28(20-24)39-3)41-30(37)33-18-6-5-16-32-17-7-19-34-31(38)42-27-15-13-25(11-9-23(2)36)21-29(27)40-4/h12-15,20-21,32H,5-11,16-19H2,1-4H3,(H,33,37)(H,34,38). The predicted octanol–water partition coefficient (Wildman–Crippen LogP) is 4.38. The van der Waals surface area contributed by atoms with Crippen LogP contribution in [0, 0.1) is 0 Å². The molecule has 0 heterocycles. The molecule has 0 bridgehead atoms. The summed E-state index contributed by atoms with van der Waals surface area (Å²) in [7, 11) is 3.00. The average molecular weight is 586 g/mol. The molecule has 11 heteroatoms. The molecule has 0 aliphatic carbocycles. The van der Waals surface area contributed by atoms with Crippen molar-refractivity contribution in [2.24, 2.45) is 0 Å². The highest BCUT2D eigenvalue weighted by Crippen LogP contribution is 2.29. The lowest BCUT2D eigenvalue weighted by molar-refractivity contribution is -0.117. The lowest BCUT2D eigenvalue weighted by Crippen LogP contribution is -2.30. The number of ketones is 2. The van der Waals surface area contributed by atoms with Gasteiger partial charge >= 0.3 is 12.2 Å². The summed E-state index contributed by atoms with van der Waals surface area (Å²) in [6.07, 6.45) is 3.31. The molecule has 0 saturated carbocycles. The molecule has 230 valence electrons. The fraction of sp³-hybridized carbons (Fsp3) is 0.484. The van der Waals surface area contributed by atoms with Crippen LogP contribution in [0.25, 0.3) is 0 Å². The molecule has 0 fully saturated rings. The van der Waals surface area contributed by atoms with E-state index in [-0.39, 0.29) is 11.6 Å². The Morgan fingerprint density at radius 1 is 0.595 bits per heavy atom. The summed E-state index contributed by atoms with van der Waals surface area (Å²) in [5.41, 5.74) is 1.87. The zero-order chi connectivity index (χ0) is 30.7. The number of methoxy groups -OCH3 is 2. The number of hydrogen-bond acceptors (Lipinski definition) is 9. The number of rotatable bonds is 19. The highest BCUT2D eigenvalue weighted by Gasteiger charge is 2.12. The number of ether oxygens (including phenoxy) is 4. The Bertz CT molecular complexity index is 1090. The largest absolute Gasteiger partial charge is 0.493 e. The van der Waals surface area contributed by atoms with E-state index in [1.807, 2.05) is 12.1 Å². The zero-order valence-corrected chi connectivity index (χ0v) is 25.0. The number of hydrogen-bond donors (Lipinski definition) is 3. The molecule has 3 N–H and O–H groups in total. The first-order valence-electron chi connectivity index (χ1n) is 14.2. The third-order valence-corrected chi connectivity index (χ3v) is 6.24. The molecule has 2 aromatic carbocycles. The van der Waals surface area contributed by atoms with Gasteiger partial charge in [0.05, 0.1) is 14.2 Å². The first kappa shape index (κ1) is 34.1. The van der Waals surface area contributed by atoms with Crippen LogP contribution in [0.4, 0.5) is 9.59 Å². The van der Waals surface area contributed by atoms with Gasteiger partial charge in [0, 0.05) is 25.9 Å². The van der Waals surface area contributed by atoms with E-state index in [1.165, 1.54) is 14.2 Å². The van der Waals surface area contributed by atoms with Gasteiger partial charge in [-0.25, -0.2) is 9.59 Å². The van der Waals surface area contributed by atoms with E-state index in [9.17, 15) is 19.2 Å². The first-order chi connectivity index (χ1) is 20.2. The van der Waals surface area contributed by atoms with E-state index < -0.39 is 12.2 Å². The van der Waals surface area contributed by atoms with Crippen molar-refractivity contribution in [1.29, 1.82) is 0 Å². The fourth-order valence-corrected chi connectivity index (χ4v) is 3.91. The zero-order valence-electron chi connectivity index (χ0n) is 25.0. The molecule has 0 aliphatic heterocycles. The predicted molar refractivity (Wildman–Crippen MR) is 159 cm³/mol. The Kier molecular flexibility index (Phi) is 15.5. The minimum absolute atomic E-state index is 0.113. The van der Waals surface area contributed by atoms with Gasteiger partial charge in [-0.05, 0) is 94.4 Å². The molecule has 2 rings (SSSR count). The molecule has 2 aromatic rings. The van der Waals surface area contributed by atoms with Crippen LogP contribution < -0.4 is 34.9 Å². The SMILES string of the molecule is COc1cc(CCC(C)=O)ccc1OC(=O)NCCCCNCCCNC(=O)Oc1ccc(CCC(C)=O)cc1OC. The highest BCUT2D eigenvalue weighted by atomic mass is 16.6. The van der Waals surface area contributed by atoms with Crippen LogP contribution in [-0.4, -0.2) is 64.2 Å². The van der Waals surface area contributed by atoms with Crippen LogP contribution in [0.5, 0.6) is 23.0 Å². The van der Waals surface area contributed by atoms with Crippen molar-refractivity contribution in [3.63, 3.8) is 0 Å². The van der Waals surface area contributed by atoms with Crippen LogP contribution in [0.1, 0.15) is 57.1 Å². The molecule has 0 saturated heterocycles. The van der Waals surface area contributed by atoms with Crippen molar-refractivity contribution >= 4 is 23.8 Å². The van der Waals surface area contributed by atoms with Gasteiger partial charge in [0.2, 0.25) is 0 Å². The molecule has 0 spiro atoms. The highest BCUT2D eigenvalue weighted by molar-refractivity contribution is 5.76. The Morgan fingerprint density at radius 2 is 1.02 bits per heavy atom. The third-order valence-electron chi connectivity index (χ3n) is 6.24. The molecular weight excluding hydrogens is 542 g/mol. The van der Waals surface area contributed by atoms with E-state index in [4.69, 9.17) is 18.9 Å². The second-order valence-electron chi connectivity index (χ2n) is 9.82. The maximum atomic E-state index is 12.1.